The van der Waals surface area contributed by atoms with Crippen molar-refractivity contribution in [2.45, 2.75) is 20.3 Å². The summed E-state index contributed by atoms with van der Waals surface area (Å²) in [6.07, 6.45) is 0.267. The summed E-state index contributed by atoms with van der Waals surface area (Å²) in [5, 5.41) is 7.08. The standard InChI is InChI=1S/C15H18N4O2/c1-9-13(10(2)19(3)18-9)8-14(20)17-12-6-4-11(5-7-12)15(16)21/h4-7H,8H2,1-3H3,(H2,16,21)(H,17,20). The molecule has 1 aromatic heterocycles. The second kappa shape index (κ2) is 5.78. The topological polar surface area (TPSA) is 90.0 Å². The van der Waals surface area contributed by atoms with E-state index in [0.29, 0.717) is 11.3 Å². The van der Waals surface area contributed by atoms with Crippen molar-refractivity contribution in [1.29, 1.82) is 0 Å². The molecule has 0 saturated carbocycles. The molecule has 3 N–H and O–H groups in total. The second-order valence-corrected chi connectivity index (χ2v) is 4.94. The molecule has 0 radical (unpaired) electrons. The molecule has 2 aromatic rings. The highest BCUT2D eigenvalue weighted by molar-refractivity contribution is 5.95. The monoisotopic (exact) mass is 286 g/mol. The second-order valence-electron chi connectivity index (χ2n) is 4.94. The number of anilines is 1. The van der Waals surface area contributed by atoms with E-state index in [9.17, 15) is 9.59 Å². The lowest BCUT2D eigenvalue weighted by atomic mass is 10.1. The largest absolute Gasteiger partial charge is 0.366 e. The van der Waals surface area contributed by atoms with Crippen LogP contribution in [0.15, 0.2) is 24.3 Å². The Balaban J connectivity index is 2.06. The minimum atomic E-state index is -0.491. The van der Waals surface area contributed by atoms with Gasteiger partial charge in [-0.15, -0.1) is 0 Å². The lowest BCUT2D eigenvalue weighted by molar-refractivity contribution is -0.115. The van der Waals surface area contributed by atoms with Gasteiger partial charge in [0, 0.05) is 29.6 Å². The van der Waals surface area contributed by atoms with E-state index < -0.39 is 5.91 Å². The van der Waals surface area contributed by atoms with Gasteiger partial charge in [-0.3, -0.25) is 14.3 Å². The van der Waals surface area contributed by atoms with E-state index in [1.165, 1.54) is 0 Å². The molecule has 1 aromatic carbocycles. The van der Waals surface area contributed by atoms with Crippen LogP contribution in [0.3, 0.4) is 0 Å². The Labute approximate surface area is 122 Å². The fourth-order valence-corrected chi connectivity index (χ4v) is 2.16. The van der Waals surface area contributed by atoms with Crippen molar-refractivity contribution in [3.63, 3.8) is 0 Å². The Morgan fingerprint density at radius 2 is 1.86 bits per heavy atom. The van der Waals surface area contributed by atoms with E-state index >= 15 is 0 Å². The van der Waals surface area contributed by atoms with Crippen LogP contribution in [-0.4, -0.2) is 21.6 Å². The predicted molar refractivity (Wildman–Crippen MR) is 80.0 cm³/mol. The van der Waals surface area contributed by atoms with Crippen LogP contribution in [0.4, 0.5) is 5.69 Å². The Hall–Kier alpha value is -2.63. The van der Waals surface area contributed by atoms with Gasteiger partial charge in [-0.2, -0.15) is 5.10 Å². The van der Waals surface area contributed by atoms with Gasteiger partial charge in [0.1, 0.15) is 0 Å². The van der Waals surface area contributed by atoms with Gasteiger partial charge >= 0.3 is 0 Å². The number of carbonyl (C=O) groups is 2. The van der Waals surface area contributed by atoms with Crippen LogP contribution in [0, 0.1) is 13.8 Å². The number of rotatable bonds is 4. The SMILES string of the molecule is Cc1nn(C)c(C)c1CC(=O)Nc1ccc(C(N)=O)cc1. The summed E-state index contributed by atoms with van der Waals surface area (Å²) in [5.74, 6) is -0.615. The first kappa shape index (κ1) is 14.8. The van der Waals surface area contributed by atoms with Crippen molar-refractivity contribution in [2.24, 2.45) is 12.8 Å². The molecule has 0 atom stereocenters. The number of aryl methyl sites for hydroxylation is 2. The average molecular weight is 286 g/mol. The molecule has 6 nitrogen and oxygen atoms in total. The number of nitrogens with two attached hydrogens (primary N) is 1. The maximum Gasteiger partial charge on any atom is 0.248 e. The summed E-state index contributed by atoms with van der Waals surface area (Å²) < 4.78 is 1.76. The molecule has 0 saturated heterocycles. The van der Waals surface area contributed by atoms with Gasteiger partial charge in [0.05, 0.1) is 12.1 Å². The first-order valence-corrected chi connectivity index (χ1v) is 6.57. The quantitative estimate of drug-likeness (QED) is 0.888. The van der Waals surface area contributed by atoms with E-state index in [-0.39, 0.29) is 12.3 Å². The minimum Gasteiger partial charge on any atom is -0.366 e. The van der Waals surface area contributed by atoms with E-state index in [0.717, 1.165) is 17.0 Å². The highest BCUT2D eigenvalue weighted by Crippen LogP contribution is 2.14. The van der Waals surface area contributed by atoms with E-state index in [1.807, 2.05) is 20.9 Å². The van der Waals surface area contributed by atoms with Crippen LogP contribution in [0.1, 0.15) is 27.3 Å². The first-order chi connectivity index (χ1) is 9.88. The molecule has 0 aliphatic heterocycles. The van der Waals surface area contributed by atoms with Gasteiger partial charge in [-0.25, -0.2) is 0 Å². The highest BCUT2D eigenvalue weighted by Gasteiger charge is 2.13. The van der Waals surface area contributed by atoms with Gasteiger partial charge in [0.2, 0.25) is 11.8 Å². The Kier molecular flexibility index (Phi) is 4.07. The Morgan fingerprint density at radius 3 is 2.33 bits per heavy atom. The minimum absolute atomic E-state index is 0.124. The number of benzene rings is 1. The molecule has 0 aliphatic rings. The maximum absolute atomic E-state index is 12.1. The van der Waals surface area contributed by atoms with Crippen molar-refractivity contribution in [2.75, 3.05) is 5.32 Å². The summed E-state index contributed by atoms with van der Waals surface area (Å²) in [6.45, 7) is 3.82. The van der Waals surface area contributed by atoms with Gasteiger partial charge in [-0.1, -0.05) is 0 Å². The van der Waals surface area contributed by atoms with Crippen LogP contribution in [-0.2, 0) is 18.3 Å². The van der Waals surface area contributed by atoms with Crippen molar-refractivity contribution >= 4 is 17.5 Å². The van der Waals surface area contributed by atoms with Crippen LogP contribution >= 0.6 is 0 Å². The van der Waals surface area contributed by atoms with Crippen molar-refractivity contribution in [3.05, 3.63) is 46.8 Å². The summed E-state index contributed by atoms with van der Waals surface area (Å²) in [7, 11) is 1.85. The molecule has 2 rings (SSSR count). The molecule has 0 spiro atoms. The molecule has 21 heavy (non-hydrogen) atoms. The van der Waals surface area contributed by atoms with Gasteiger partial charge in [0.15, 0.2) is 0 Å². The zero-order valence-electron chi connectivity index (χ0n) is 12.3. The summed E-state index contributed by atoms with van der Waals surface area (Å²) >= 11 is 0. The van der Waals surface area contributed by atoms with Crippen molar-refractivity contribution < 1.29 is 9.59 Å². The molecule has 1 heterocycles. The number of aromatic nitrogens is 2. The molecule has 110 valence electrons. The summed E-state index contributed by atoms with van der Waals surface area (Å²) in [6, 6.07) is 6.47. The lowest BCUT2D eigenvalue weighted by Gasteiger charge is -2.06. The number of primary amides is 1. The van der Waals surface area contributed by atoms with E-state index in [2.05, 4.69) is 10.4 Å². The third-order valence-corrected chi connectivity index (χ3v) is 3.45. The molecule has 0 unspecified atom stereocenters. The lowest BCUT2D eigenvalue weighted by Crippen LogP contribution is -2.16. The van der Waals surface area contributed by atoms with E-state index in [4.69, 9.17) is 5.73 Å². The maximum atomic E-state index is 12.1. The smallest absolute Gasteiger partial charge is 0.248 e. The van der Waals surface area contributed by atoms with Crippen LogP contribution in [0.2, 0.25) is 0 Å². The number of nitrogens with one attached hydrogen (secondary N) is 1. The molecule has 0 aliphatic carbocycles. The average Bonchev–Trinajstić information content (AvgIpc) is 2.66. The fraction of sp³-hybridized carbons (Fsp3) is 0.267. The van der Waals surface area contributed by atoms with Gasteiger partial charge in [0.25, 0.3) is 0 Å². The number of hydrogen-bond acceptors (Lipinski definition) is 3. The van der Waals surface area contributed by atoms with Crippen molar-refractivity contribution in [3.8, 4) is 0 Å². The third kappa shape index (κ3) is 3.28. The molecule has 0 fully saturated rings. The summed E-state index contributed by atoms with van der Waals surface area (Å²) in [4.78, 5) is 23.1. The van der Waals surface area contributed by atoms with Crippen LogP contribution in [0.25, 0.3) is 0 Å². The molecular formula is C15H18N4O2. The molecule has 6 heteroatoms. The molecular weight excluding hydrogens is 268 g/mol. The Bertz CT molecular complexity index is 686. The van der Waals surface area contributed by atoms with E-state index in [1.54, 1.807) is 28.9 Å². The molecule has 0 bridgehead atoms. The number of amides is 2. The van der Waals surface area contributed by atoms with Crippen LogP contribution < -0.4 is 11.1 Å². The highest BCUT2D eigenvalue weighted by atomic mass is 16.2. The zero-order chi connectivity index (χ0) is 15.6. The third-order valence-electron chi connectivity index (χ3n) is 3.45. The number of carbonyl (C=O) groups excluding carboxylic acids is 2. The fourth-order valence-electron chi connectivity index (χ4n) is 2.16. The predicted octanol–water partition coefficient (Wildman–Crippen LogP) is 1.32. The first-order valence-electron chi connectivity index (χ1n) is 6.57. The zero-order valence-corrected chi connectivity index (χ0v) is 12.3. The van der Waals surface area contributed by atoms with Gasteiger partial charge < -0.3 is 11.1 Å². The number of nitrogens with zero attached hydrogens (tertiary/aromatic N) is 2. The number of hydrogen-bond donors (Lipinski definition) is 2. The van der Waals surface area contributed by atoms with Crippen molar-refractivity contribution in [1.82, 2.24) is 9.78 Å². The molecule has 2 amide bonds. The summed E-state index contributed by atoms with van der Waals surface area (Å²) in [5.41, 5.74) is 8.97. The Morgan fingerprint density at radius 1 is 1.24 bits per heavy atom. The van der Waals surface area contributed by atoms with Crippen LogP contribution in [0.5, 0.6) is 0 Å². The van der Waals surface area contributed by atoms with Gasteiger partial charge in [-0.05, 0) is 38.1 Å². The normalized spacial score (nSPS) is 10.4.